The molecular formula is C28H28N2O5. The number of esters is 1. The largest absolute Gasteiger partial charge is 0.497 e. The number of hydrogen-bond acceptors (Lipinski definition) is 5. The molecule has 4 rings (SSSR count). The lowest BCUT2D eigenvalue weighted by molar-refractivity contribution is -0.147. The van der Waals surface area contributed by atoms with Crippen LogP contribution in [0.25, 0.3) is 11.1 Å². The number of benzene rings is 3. The summed E-state index contributed by atoms with van der Waals surface area (Å²) in [5, 5.41) is 2.88. The van der Waals surface area contributed by atoms with Crippen molar-refractivity contribution in [3.63, 3.8) is 0 Å². The zero-order valence-electron chi connectivity index (χ0n) is 20.2. The van der Waals surface area contributed by atoms with E-state index in [2.05, 4.69) is 5.32 Å². The average Bonchev–Trinajstić information content (AvgIpc) is 3.19. The van der Waals surface area contributed by atoms with Crippen LogP contribution in [0.1, 0.15) is 40.1 Å². The van der Waals surface area contributed by atoms with E-state index in [4.69, 9.17) is 9.47 Å². The SMILES string of the molecule is COC(=O)C(C(C)C)N1Cc2ccc(-c3ccc(NC(=O)c4ccc(OC)cc4)cc3)cc2C1=O. The molecule has 180 valence electrons. The molecule has 35 heavy (non-hydrogen) atoms. The number of ether oxygens (including phenoxy) is 2. The van der Waals surface area contributed by atoms with Crippen LogP contribution in [-0.4, -0.2) is 42.9 Å². The first-order valence-electron chi connectivity index (χ1n) is 11.4. The number of nitrogens with zero attached hydrogens (tertiary/aromatic N) is 1. The van der Waals surface area contributed by atoms with Crippen molar-refractivity contribution in [3.05, 3.63) is 83.4 Å². The van der Waals surface area contributed by atoms with Gasteiger partial charge in [0.1, 0.15) is 11.8 Å². The Hall–Kier alpha value is -4.13. The van der Waals surface area contributed by atoms with E-state index >= 15 is 0 Å². The number of fused-ring (bicyclic) bond motifs is 1. The average molecular weight is 473 g/mol. The van der Waals surface area contributed by atoms with Crippen molar-refractivity contribution >= 4 is 23.5 Å². The van der Waals surface area contributed by atoms with Crippen molar-refractivity contribution in [2.45, 2.75) is 26.4 Å². The molecule has 2 amide bonds. The van der Waals surface area contributed by atoms with Crippen molar-refractivity contribution < 1.29 is 23.9 Å². The molecule has 0 bridgehead atoms. The van der Waals surface area contributed by atoms with Crippen LogP contribution in [0, 0.1) is 5.92 Å². The molecule has 3 aromatic rings. The molecule has 1 heterocycles. The zero-order valence-corrected chi connectivity index (χ0v) is 20.2. The molecule has 1 N–H and O–H groups in total. The summed E-state index contributed by atoms with van der Waals surface area (Å²) in [6.07, 6.45) is 0. The summed E-state index contributed by atoms with van der Waals surface area (Å²) in [5.41, 5.74) is 4.46. The molecule has 0 radical (unpaired) electrons. The fraction of sp³-hybridized carbons (Fsp3) is 0.250. The van der Waals surface area contributed by atoms with Gasteiger partial charge in [0.2, 0.25) is 0 Å². The van der Waals surface area contributed by atoms with Crippen molar-refractivity contribution in [2.24, 2.45) is 5.92 Å². The molecule has 0 spiro atoms. The molecule has 0 aliphatic carbocycles. The number of nitrogens with one attached hydrogen (secondary N) is 1. The standard InChI is InChI=1S/C28H28N2O5/c1-17(2)25(28(33)35-4)30-16-21-6-5-20(15-24(21)27(30)32)18-7-11-22(12-8-18)29-26(31)19-9-13-23(34-3)14-10-19/h5-15,17,25H,16H2,1-4H3,(H,29,31). The fourth-order valence-electron chi connectivity index (χ4n) is 4.30. The predicted molar refractivity (Wildman–Crippen MR) is 133 cm³/mol. The Balaban J connectivity index is 1.50. The summed E-state index contributed by atoms with van der Waals surface area (Å²) in [6, 6.07) is 19.4. The van der Waals surface area contributed by atoms with Crippen molar-refractivity contribution in [3.8, 4) is 16.9 Å². The van der Waals surface area contributed by atoms with Crippen molar-refractivity contribution in [2.75, 3.05) is 19.5 Å². The van der Waals surface area contributed by atoms with Gasteiger partial charge in [0.25, 0.3) is 11.8 Å². The Labute approximate surface area is 204 Å². The van der Waals surface area contributed by atoms with Gasteiger partial charge in [0.05, 0.1) is 14.2 Å². The molecule has 1 aliphatic rings. The first-order valence-corrected chi connectivity index (χ1v) is 11.4. The topological polar surface area (TPSA) is 84.9 Å². The maximum atomic E-state index is 13.2. The highest BCUT2D eigenvalue weighted by Gasteiger charge is 2.38. The highest BCUT2D eigenvalue weighted by Crippen LogP contribution is 2.32. The molecule has 1 aliphatic heterocycles. The van der Waals surface area contributed by atoms with Gasteiger partial charge in [-0.3, -0.25) is 9.59 Å². The lowest BCUT2D eigenvalue weighted by Crippen LogP contribution is -2.45. The van der Waals surface area contributed by atoms with E-state index in [0.29, 0.717) is 29.1 Å². The van der Waals surface area contributed by atoms with E-state index in [1.807, 2.05) is 56.3 Å². The predicted octanol–water partition coefficient (Wildman–Crippen LogP) is 4.77. The van der Waals surface area contributed by atoms with Crippen LogP contribution in [0.3, 0.4) is 0 Å². The zero-order chi connectivity index (χ0) is 25.1. The van der Waals surface area contributed by atoms with Gasteiger partial charge in [-0.05, 0) is 65.1 Å². The van der Waals surface area contributed by atoms with E-state index < -0.39 is 12.0 Å². The van der Waals surface area contributed by atoms with E-state index in [1.54, 1.807) is 36.3 Å². The van der Waals surface area contributed by atoms with Gasteiger partial charge in [-0.15, -0.1) is 0 Å². The number of amides is 2. The fourth-order valence-corrected chi connectivity index (χ4v) is 4.30. The van der Waals surface area contributed by atoms with Crippen molar-refractivity contribution in [1.29, 1.82) is 0 Å². The van der Waals surface area contributed by atoms with Crippen LogP contribution in [-0.2, 0) is 16.1 Å². The first kappa shape index (κ1) is 24.0. The van der Waals surface area contributed by atoms with E-state index in [9.17, 15) is 14.4 Å². The number of hydrogen-bond donors (Lipinski definition) is 1. The Morgan fingerprint density at radius 2 is 1.57 bits per heavy atom. The molecule has 0 saturated carbocycles. The lowest BCUT2D eigenvalue weighted by atomic mass is 10.00. The molecule has 1 atom stereocenters. The number of anilines is 1. The minimum atomic E-state index is -0.628. The maximum Gasteiger partial charge on any atom is 0.328 e. The normalized spacial score (nSPS) is 13.4. The van der Waals surface area contributed by atoms with Gasteiger partial charge < -0.3 is 19.7 Å². The van der Waals surface area contributed by atoms with Gasteiger partial charge in [-0.2, -0.15) is 0 Å². The van der Waals surface area contributed by atoms with Crippen LogP contribution in [0.2, 0.25) is 0 Å². The van der Waals surface area contributed by atoms with Gasteiger partial charge in [0, 0.05) is 23.4 Å². The molecular weight excluding hydrogens is 444 g/mol. The molecule has 0 fully saturated rings. The number of carbonyl (C=O) groups is 3. The van der Waals surface area contributed by atoms with Gasteiger partial charge in [-0.1, -0.05) is 38.1 Å². The van der Waals surface area contributed by atoms with Crippen LogP contribution in [0.15, 0.2) is 66.7 Å². The van der Waals surface area contributed by atoms with Crippen LogP contribution >= 0.6 is 0 Å². The highest BCUT2D eigenvalue weighted by atomic mass is 16.5. The van der Waals surface area contributed by atoms with Gasteiger partial charge in [0.15, 0.2) is 0 Å². The smallest absolute Gasteiger partial charge is 0.328 e. The maximum absolute atomic E-state index is 13.2. The summed E-state index contributed by atoms with van der Waals surface area (Å²) in [7, 11) is 2.92. The molecule has 0 saturated heterocycles. The molecule has 1 unspecified atom stereocenters. The van der Waals surface area contributed by atoms with Gasteiger partial charge >= 0.3 is 5.97 Å². The minimum absolute atomic E-state index is 0.0687. The second-order valence-corrected chi connectivity index (χ2v) is 8.78. The Bertz CT molecular complexity index is 1250. The van der Waals surface area contributed by atoms with E-state index in [-0.39, 0.29) is 17.7 Å². The summed E-state index contributed by atoms with van der Waals surface area (Å²) in [4.78, 5) is 39.6. The van der Waals surface area contributed by atoms with E-state index in [0.717, 1.165) is 16.7 Å². The Kier molecular flexibility index (Phi) is 6.87. The highest BCUT2D eigenvalue weighted by molar-refractivity contribution is 6.04. The van der Waals surface area contributed by atoms with Crippen molar-refractivity contribution in [1.82, 2.24) is 4.90 Å². The van der Waals surface area contributed by atoms with Crippen LogP contribution < -0.4 is 10.1 Å². The molecule has 7 nitrogen and oxygen atoms in total. The molecule has 3 aromatic carbocycles. The lowest BCUT2D eigenvalue weighted by Gasteiger charge is -2.28. The first-order chi connectivity index (χ1) is 16.8. The van der Waals surface area contributed by atoms with Crippen LogP contribution in [0.4, 0.5) is 5.69 Å². The minimum Gasteiger partial charge on any atom is -0.497 e. The number of methoxy groups -OCH3 is 2. The Morgan fingerprint density at radius 1 is 0.914 bits per heavy atom. The summed E-state index contributed by atoms with van der Waals surface area (Å²) in [5.74, 6) is -0.176. The third kappa shape index (κ3) is 4.89. The summed E-state index contributed by atoms with van der Waals surface area (Å²) >= 11 is 0. The second-order valence-electron chi connectivity index (χ2n) is 8.78. The summed E-state index contributed by atoms with van der Waals surface area (Å²) < 4.78 is 10.1. The van der Waals surface area contributed by atoms with Gasteiger partial charge in [-0.25, -0.2) is 4.79 Å². The second kappa shape index (κ2) is 10.0. The number of rotatable bonds is 7. The molecule has 7 heteroatoms. The summed E-state index contributed by atoms with van der Waals surface area (Å²) in [6.45, 7) is 4.18. The van der Waals surface area contributed by atoms with Crippen LogP contribution in [0.5, 0.6) is 5.75 Å². The Morgan fingerprint density at radius 3 is 2.17 bits per heavy atom. The molecule has 0 aromatic heterocycles. The number of carbonyl (C=O) groups excluding carboxylic acids is 3. The van der Waals surface area contributed by atoms with E-state index in [1.165, 1.54) is 7.11 Å². The quantitative estimate of drug-likeness (QED) is 0.501. The monoisotopic (exact) mass is 472 g/mol. The third-order valence-corrected chi connectivity index (χ3v) is 6.18. The third-order valence-electron chi connectivity index (χ3n) is 6.18.